The Morgan fingerprint density at radius 2 is 1.88 bits per heavy atom. The fraction of sp³-hybridized carbons (Fsp3) is 0.300. The zero-order chi connectivity index (χ0) is 29.3. The zero-order valence-electron chi connectivity index (χ0n) is 22.8. The summed E-state index contributed by atoms with van der Waals surface area (Å²) >= 11 is 0. The summed E-state index contributed by atoms with van der Waals surface area (Å²) in [6.07, 6.45) is 0.574. The van der Waals surface area contributed by atoms with Crippen molar-refractivity contribution in [2.45, 2.75) is 44.1 Å². The quantitative estimate of drug-likeness (QED) is 0.142. The van der Waals surface area contributed by atoms with Crippen molar-refractivity contribution in [3.05, 3.63) is 94.7 Å². The second kappa shape index (κ2) is 11.5. The summed E-state index contributed by atoms with van der Waals surface area (Å²) in [5.41, 5.74) is 4.74. The minimum atomic E-state index is -3.58. The summed E-state index contributed by atoms with van der Waals surface area (Å²) in [4.78, 5) is 16.2. The molecule has 0 bridgehead atoms. The number of aliphatic hydroxyl groups is 2. The van der Waals surface area contributed by atoms with Crippen molar-refractivity contribution in [1.29, 1.82) is 0 Å². The van der Waals surface area contributed by atoms with Gasteiger partial charge < -0.3 is 30.9 Å². The third kappa shape index (κ3) is 6.71. The third-order valence-corrected chi connectivity index (χ3v) is 7.91. The van der Waals surface area contributed by atoms with Gasteiger partial charge in [-0.3, -0.25) is 9.52 Å². The summed E-state index contributed by atoms with van der Waals surface area (Å²) in [6, 6.07) is 19.3. The van der Waals surface area contributed by atoms with E-state index in [0.29, 0.717) is 24.1 Å². The standard InChI is InChI=1S/C30H34N4O6S/c1-17(31-16-28(37)20-8-10-26(35)24(13-20)34-41(2,39)40)11-18-7-9-23-21(12-18)14-25(32-23)30(38)33-29-22-6-4-3-5-19(22)15-27(29)36/h3-10,12-14,17,27-29,31-32,34-37H,11,15-16H2,1-2H3,(H,33,38)/t17-,27-,28+,29+/m1/s1. The van der Waals surface area contributed by atoms with Crippen LogP contribution in [0.3, 0.4) is 0 Å². The SMILES string of the molecule is C[C@H](Cc1ccc2[nH]c(C(=O)N[C@H]3c4ccccc4C[C@H]3O)cc2c1)NC[C@H](O)c1ccc(O)c(NS(C)(=O)=O)c1. The number of H-pyrrole nitrogens is 1. The number of phenols is 1. The lowest BCUT2D eigenvalue weighted by atomic mass is 10.0. The van der Waals surface area contributed by atoms with Crippen LogP contribution in [-0.2, 0) is 22.9 Å². The molecule has 0 radical (unpaired) electrons. The molecule has 1 aliphatic rings. The number of anilines is 1. The monoisotopic (exact) mass is 578 g/mol. The molecule has 1 heterocycles. The highest BCUT2D eigenvalue weighted by molar-refractivity contribution is 7.92. The number of nitrogens with one attached hydrogen (secondary N) is 4. The first-order valence-corrected chi connectivity index (χ1v) is 15.3. The van der Waals surface area contributed by atoms with Crippen LogP contribution in [0.15, 0.2) is 66.7 Å². The molecule has 0 spiro atoms. The van der Waals surface area contributed by atoms with Gasteiger partial charge in [-0.2, -0.15) is 0 Å². The highest BCUT2D eigenvalue weighted by atomic mass is 32.2. The van der Waals surface area contributed by atoms with Gasteiger partial charge in [0.05, 0.1) is 30.2 Å². The fourth-order valence-electron chi connectivity index (χ4n) is 5.30. The Kier molecular flexibility index (Phi) is 8.05. The molecule has 1 aromatic heterocycles. The normalized spacial score (nSPS) is 18.1. The average molecular weight is 579 g/mol. The first kappa shape index (κ1) is 28.6. The molecular formula is C30H34N4O6S. The average Bonchev–Trinajstić information content (AvgIpc) is 3.48. The van der Waals surface area contributed by atoms with E-state index in [-0.39, 0.29) is 29.9 Å². The van der Waals surface area contributed by atoms with Crippen LogP contribution in [0.4, 0.5) is 5.69 Å². The second-order valence-corrected chi connectivity index (χ2v) is 12.5. The number of carbonyl (C=O) groups is 1. The van der Waals surface area contributed by atoms with Crippen LogP contribution in [0, 0.1) is 0 Å². The molecule has 0 unspecified atom stereocenters. The molecule has 4 aromatic rings. The number of amides is 1. The van der Waals surface area contributed by atoms with E-state index in [1.165, 1.54) is 12.1 Å². The summed E-state index contributed by atoms with van der Waals surface area (Å²) in [5, 5.41) is 38.2. The van der Waals surface area contributed by atoms with Crippen LogP contribution in [0.25, 0.3) is 10.9 Å². The molecular weight excluding hydrogens is 544 g/mol. The number of aromatic nitrogens is 1. The molecule has 216 valence electrons. The molecule has 5 rings (SSSR count). The molecule has 11 heteroatoms. The number of benzene rings is 3. The first-order chi connectivity index (χ1) is 19.5. The van der Waals surface area contributed by atoms with Gasteiger partial charge in [-0.1, -0.05) is 36.4 Å². The number of phenolic OH excluding ortho intramolecular Hbond substituents is 1. The van der Waals surface area contributed by atoms with Crippen LogP contribution in [-0.4, -0.2) is 59.6 Å². The highest BCUT2D eigenvalue weighted by Crippen LogP contribution is 2.32. The number of sulfonamides is 1. The van der Waals surface area contributed by atoms with E-state index in [1.807, 2.05) is 49.4 Å². The van der Waals surface area contributed by atoms with Crippen LogP contribution in [0.2, 0.25) is 0 Å². The topological polar surface area (TPSA) is 164 Å². The Morgan fingerprint density at radius 1 is 1.10 bits per heavy atom. The van der Waals surface area contributed by atoms with Gasteiger partial charge in [-0.15, -0.1) is 0 Å². The maximum absolute atomic E-state index is 13.0. The first-order valence-electron chi connectivity index (χ1n) is 13.4. The molecule has 0 fully saturated rings. The Morgan fingerprint density at radius 3 is 2.66 bits per heavy atom. The number of aromatic hydroxyl groups is 1. The molecule has 1 amide bonds. The lowest BCUT2D eigenvalue weighted by molar-refractivity contribution is 0.0854. The minimum absolute atomic E-state index is 0.00142. The van der Waals surface area contributed by atoms with Crippen molar-refractivity contribution in [1.82, 2.24) is 15.6 Å². The van der Waals surface area contributed by atoms with Crippen molar-refractivity contribution in [3.63, 3.8) is 0 Å². The number of hydrogen-bond donors (Lipinski definition) is 7. The van der Waals surface area contributed by atoms with Crippen LogP contribution >= 0.6 is 0 Å². The smallest absolute Gasteiger partial charge is 0.268 e. The predicted molar refractivity (Wildman–Crippen MR) is 157 cm³/mol. The number of aliphatic hydroxyl groups excluding tert-OH is 2. The number of carbonyl (C=O) groups excluding carboxylic acids is 1. The highest BCUT2D eigenvalue weighted by Gasteiger charge is 2.32. The van der Waals surface area contributed by atoms with Crippen molar-refractivity contribution >= 4 is 32.5 Å². The molecule has 41 heavy (non-hydrogen) atoms. The van der Waals surface area contributed by atoms with Gasteiger partial charge in [0.15, 0.2) is 0 Å². The van der Waals surface area contributed by atoms with Gasteiger partial charge >= 0.3 is 0 Å². The van der Waals surface area contributed by atoms with Gasteiger partial charge in [0, 0.05) is 29.9 Å². The van der Waals surface area contributed by atoms with Crippen molar-refractivity contribution in [2.75, 3.05) is 17.5 Å². The molecule has 10 nitrogen and oxygen atoms in total. The van der Waals surface area contributed by atoms with Gasteiger partial charge in [0.25, 0.3) is 5.91 Å². The Labute approximate surface area is 238 Å². The lowest BCUT2D eigenvalue weighted by Gasteiger charge is -2.18. The zero-order valence-corrected chi connectivity index (χ0v) is 23.6. The number of hydrogen-bond acceptors (Lipinski definition) is 7. The number of fused-ring (bicyclic) bond motifs is 2. The molecule has 0 aliphatic heterocycles. The van der Waals surface area contributed by atoms with Crippen LogP contribution in [0.5, 0.6) is 5.75 Å². The Hall–Kier alpha value is -3.90. The number of aromatic amines is 1. The van der Waals surface area contributed by atoms with Crippen molar-refractivity contribution < 1.29 is 28.5 Å². The van der Waals surface area contributed by atoms with Gasteiger partial charge in [-0.25, -0.2) is 8.42 Å². The minimum Gasteiger partial charge on any atom is -0.506 e. The van der Waals surface area contributed by atoms with E-state index in [1.54, 1.807) is 12.1 Å². The second-order valence-electron chi connectivity index (χ2n) is 10.7. The van der Waals surface area contributed by atoms with Gasteiger partial charge in [0.1, 0.15) is 11.4 Å². The summed E-state index contributed by atoms with van der Waals surface area (Å²) in [7, 11) is -3.58. The van der Waals surface area contributed by atoms with E-state index >= 15 is 0 Å². The fourth-order valence-corrected chi connectivity index (χ4v) is 5.86. The van der Waals surface area contributed by atoms with E-state index in [9.17, 15) is 28.5 Å². The maximum Gasteiger partial charge on any atom is 0.268 e. The molecule has 7 N–H and O–H groups in total. The molecule has 1 aliphatic carbocycles. The maximum atomic E-state index is 13.0. The van der Waals surface area contributed by atoms with Crippen molar-refractivity contribution in [2.24, 2.45) is 0 Å². The van der Waals surface area contributed by atoms with E-state index < -0.39 is 28.3 Å². The largest absolute Gasteiger partial charge is 0.506 e. The van der Waals surface area contributed by atoms with E-state index in [4.69, 9.17) is 0 Å². The van der Waals surface area contributed by atoms with Crippen LogP contribution < -0.4 is 15.4 Å². The lowest BCUT2D eigenvalue weighted by Crippen LogP contribution is -2.34. The Bertz CT molecular complexity index is 1690. The van der Waals surface area contributed by atoms with Gasteiger partial charge in [0.2, 0.25) is 10.0 Å². The summed E-state index contributed by atoms with van der Waals surface area (Å²) in [6.45, 7) is 2.21. The van der Waals surface area contributed by atoms with E-state index in [2.05, 4.69) is 20.3 Å². The third-order valence-electron chi connectivity index (χ3n) is 7.32. The van der Waals surface area contributed by atoms with Crippen LogP contribution in [0.1, 0.15) is 51.8 Å². The molecule has 0 saturated heterocycles. The van der Waals surface area contributed by atoms with E-state index in [0.717, 1.165) is 33.8 Å². The molecule has 0 saturated carbocycles. The molecule has 4 atom stereocenters. The number of rotatable bonds is 10. The summed E-state index contributed by atoms with van der Waals surface area (Å²) < 4.78 is 25.3. The van der Waals surface area contributed by atoms with Crippen molar-refractivity contribution in [3.8, 4) is 5.75 Å². The Balaban J connectivity index is 1.19. The van der Waals surface area contributed by atoms with Gasteiger partial charge in [-0.05, 0) is 65.9 Å². The molecule has 3 aromatic carbocycles. The summed E-state index contributed by atoms with van der Waals surface area (Å²) in [5.74, 6) is -0.508. The predicted octanol–water partition coefficient (Wildman–Crippen LogP) is 2.89.